The number of anilines is 1. The molecule has 0 radical (unpaired) electrons. The van der Waals surface area contributed by atoms with Crippen LogP contribution in [0.15, 0.2) is 29.3 Å². The van der Waals surface area contributed by atoms with Gasteiger partial charge in [0.05, 0.1) is 13.2 Å². The third kappa shape index (κ3) is 6.92. The summed E-state index contributed by atoms with van der Waals surface area (Å²) in [5.74, 6) is 0.832. The highest BCUT2D eigenvalue weighted by Crippen LogP contribution is 2.15. The molecule has 0 spiro atoms. The number of guanidine groups is 1. The molecular weight excluding hydrogens is 441 g/mol. The lowest BCUT2D eigenvalue weighted by atomic mass is 10.0. The number of morpholine rings is 1. The maximum absolute atomic E-state index is 5.45. The van der Waals surface area contributed by atoms with E-state index in [0.717, 1.165) is 45.4 Å². The molecule has 0 saturated carbocycles. The second kappa shape index (κ2) is 10.9. The van der Waals surface area contributed by atoms with Gasteiger partial charge in [-0.3, -0.25) is 9.89 Å². The van der Waals surface area contributed by atoms with Crippen molar-refractivity contribution in [1.82, 2.24) is 15.5 Å². The minimum atomic E-state index is 0. The zero-order chi connectivity index (χ0) is 18.3. The molecule has 0 aliphatic carbocycles. The molecule has 1 saturated heterocycles. The van der Waals surface area contributed by atoms with E-state index in [9.17, 15) is 0 Å². The van der Waals surface area contributed by atoms with Crippen LogP contribution >= 0.6 is 24.0 Å². The Kier molecular flexibility index (Phi) is 9.67. The summed E-state index contributed by atoms with van der Waals surface area (Å²) in [5, 5.41) is 6.85. The van der Waals surface area contributed by atoms with E-state index >= 15 is 0 Å². The van der Waals surface area contributed by atoms with Gasteiger partial charge in [-0.2, -0.15) is 0 Å². The number of halogens is 1. The molecule has 0 unspecified atom stereocenters. The highest BCUT2D eigenvalue weighted by Gasteiger charge is 2.28. The highest BCUT2D eigenvalue weighted by molar-refractivity contribution is 14.0. The summed E-state index contributed by atoms with van der Waals surface area (Å²) >= 11 is 0. The van der Waals surface area contributed by atoms with Crippen molar-refractivity contribution in [3.63, 3.8) is 0 Å². The Morgan fingerprint density at radius 2 is 1.77 bits per heavy atom. The Hall–Kier alpha value is -1.06. The number of rotatable bonds is 6. The lowest BCUT2D eigenvalue weighted by Gasteiger charge is -2.41. The van der Waals surface area contributed by atoms with E-state index in [1.54, 1.807) is 0 Å². The maximum Gasteiger partial charge on any atom is 0.191 e. The summed E-state index contributed by atoms with van der Waals surface area (Å²) in [4.78, 5) is 8.91. The molecular formula is C19H34IN5O. The van der Waals surface area contributed by atoms with Crippen LogP contribution < -0.4 is 15.5 Å². The molecule has 7 heteroatoms. The summed E-state index contributed by atoms with van der Waals surface area (Å²) in [6.45, 7) is 9.73. The van der Waals surface area contributed by atoms with Crippen LogP contribution in [-0.2, 0) is 11.3 Å². The van der Waals surface area contributed by atoms with Crippen LogP contribution in [-0.4, -0.2) is 70.4 Å². The van der Waals surface area contributed by atoms with Crippen molar-refractivity contribution in [2.24, 2.45) is 4.99 Å². The quantitative estimate of drug-likeness (QED) is 0.375. The van der Waals surface area contributed by atoms with Crippen molar-refractivity contribution in [3.05, 3.63) is 29.8 Å². The van der Waals surface area contributed by atoms with E-state index in [-0.39, 0.29) is 29.5 Å². The highest BCUT2D eigenvalue weighted by atomic mass is 127. The van der Waals surface area contributed by atoms with Gasteiger partial charge in [0.25, 0.3) is 0 Å². The fourth-order valence-electron chi connectivity index (χ4n) is 2.90. The standard InChI is InChI=1S/C19H33N5O.HI/c1-19(2,24-10-12-25-13-11-24)15-22-18(20-3)21-14-16-6-8-17(9-7-16)23(4)5;/h6-9H,10-15H2,1-5H3,(H2,20,21,22);1H. The number of hydrogen-bond acceptors (Lipinski definition) is 4. The fourth-order valence-corrected chi connectivity index (χ4v) is 2.90. The van der Waals surface area contributed by atoms with Gasteiger partial charge in [-0.05, 0) is 31.5 Å². The molecule has 148 valence electrons. The second-order valence-electron chi connectivity index (χ2n) is 7.25. The summed E-state index contributed by atoms with van der Waals surface area (Å²) in [6, 6.07) is 8.56. The third-order valence-electron chi connectivity index (χ3n) is 4.69. The second-order valence-corrected chi connectivity index (χ2v) is 7.25. The first-order chi connectivity index (χ1) is 11.9. The van der Waals surface area contributed by atoms with Gasteiger partial charge in [0, 0.05) is 58.5 Å². The molecule has 2 rings (SSSR count). The summed E-state index contributed by atoms with van der Waals surface area (Å²) in [7, 11) is 5.91. The van der Waals surface area contributed by atoms with Crippen LogP contribution in [0.2, 0.25) is 0 Å². The summed E-state index contributed by atoms with van der Waals surface area (Å²) < 4.78 is 5.45. The van der Waals surface area contributed by atoms with E-state index in [1.807, 2.05) is 7.05 Å². The molecule has 2 N–H and O–H groups in total. The van der Waals surface area contributed by atoms with Gasteiger partial charge < -0.3 is 20.3 Å². The molecule has 1 aromatic rings. The third-order valence-corrected chi connectivity index (χ3v) is 4.69. The van der Waals surface area contributed by atoms with E-state index in [1.165, 1.54) is 11.3 Å². The number of hydrogen-bond donors (Lipinski definition) is 2. The van der Waals surface area contributed by atoms with E-state index in [0.29, 0.717) is 0 Å². The largest absolute Gasteiger partial charge is 0.379 e. The first-order valence-electron chi connectivity index (χ1n) is 8.96. The average molecular weight is 475 g/mol. The molecule has 0 aromatic heterocycles. The molecule has 1 fully saturated rings. The van der Waals surface area contributed by atoms with Crippen LogP contribution in [0.1, 0.15) is 19.4 Å². The number of benzene rings is 1. The van der Waals surface area contributed by atoms with Crippen LogP contribution in [0.5, 0.6) is 0 Å². The molecule has 26 heavy (non-hydrogen) atoms. The van der Waals surface area contributed by atoms with Crippen molar-refractivity contribution in [2.75, 3.05) is 58.9 Å². The molecule has 1 heterocycles. The van der Waals surface area contributed by atoms with Crippen LogP contribution in [0.3, 0.4) is 0 Å². The van der Waals surface area contributed by atoms with Crippen LogP contribution in [0, 0.1) is 0 Å². The number of nitrogens with zero attached hydrogens (tertiary/aromatic N) is 3. The van der Waals surface area contributed by atoms with E-state index in [4.69, 9.17) is 4.74 Å². The average Bonchev–Trinajstić information content (AvgIpc) is 2.63. The number of nitrogens with one attached hydrogen (secondary N) is 2. The molecule has 0 bridgehead atoms. The first-order valence-corrected chi connectivity index (χ1v) is 8.96. The molecule has 1 aliphatic rings. The normalized spacial score (nSPS) is 16.0. The Bertz CT molecular complexity index is 554. The minimum Gasteiger partial charge on any atom is -0.379 e. The predicted molar refractivity (Wildman–Crippen MR) is 121 cm³/mol. The van der Waals surface area contributed by atoms with Gasteiger partial charge in [-0.1, -0.05) is 12.1 Å². The zero-order valence-electron chi connectivity index (χ0n) is 16.7. The topological polar surface area (TPSA) is 52.1 Å². The number of aliphatic imine (C=N–C) groups is 1. The van der Waals surface area contributed by atoms with Gasteiger partial charge >= 0.3 is 0 Å². The number of ether oxygens (including phenoxy) is 1. The summed E-state index contributed by atoms with van der Waals surface area (Å²) in [5.41, 5.74) is 2.51. The minimum absolute atomic E-state index is 0. The molecule has 1 aliphatic heterocycles. The van der Waals surface area contributed by atoms with Crippen molar-refractivity contribution < 1.29 is 4.74 Å². The van der Waals surface area contributed by atoms with Gasteiger partial charge in [-0.25, -0.2) is 0 Å². The Morgan fingerprint density at radius 3 is 2.31 bits per heavy atom. The van der Waals surface area contributed by atoms with Gasteiger partial charge in [0.2, 0.25) is 0 Å². The molecule has 0 atom stereocenters. The van der Waals surface area contributed by atoms with Crippen LogP contribution in [0.4, 0.5) is 5.69 Å². The van der Waals surface area contributed by atoms with Crippen molar-refractivity contribution in [2.45, 2.75) is 25.9 Å². The molecule has 6 nitrogen and oxygen atoms in total. The van der Waals surface area contributed by atoms with Crippen molar-refractivity contribution in [3.8, 4) is 0 Å². The Balaban J connectivity index is 0.00000338. The molecule has 0 amide bonds. The van der Waals surface area contributed by atoms with Gasteiger partial charge in [0.1, 0.15) is 0 Å². The van der Waals surface area contributed by atoms with Crippen LogP contribution in [0.25, 0.3) is 0 Å². The lowest BCUT2D eigenvalue weighted by molar-refractivity contribution is -0.00834. The van der Waals surface area contributed by atoms with Gasteiger partial charge in [0.15, 0.2) is 5.96 Å². The van der Waals surface area contributed by atoms with Gasteiger partial charge in [-0.15, -0.1) is 24.0 Å². The smallest absolute Gasteiger partial charge is 0.191 e. The fraction of sp³-hybridized carbons (Fsp3) is 0.632. The first kappa shape index (κ1) is 23.0. The lowest BCUT2D eigenvalue weighted by Crippen LogP contribution is -2.56. The monoisotopic (exact) mass is 475 g/mol. The Labute approximate surface area is 175 Å². The zero-order valence-corrected chi connectivity index (χ0v) is 19.0. The SMILES string of the molecule is CN=C(NCc1ccc(N(C)C)cc1)NCC(C)(C)N1CCOCC1.I. The van der Waals surface area contributed by atoms with Crippen molar-refractivity contribution >= 4 is 35.6 Å². The van der Waals surface area contributed by atoms with Crippen molar-refractivity contribution in [1.29, 1.82) is 0 Å². The van der Waals surface area contributed by atoms with E-state index < -0.39 is 0 Å². The molecule has 1 aromatic carbocycles. The van der Waals surface area contributed by atoms with E-state index in [2.05, 4.69) is 77.6 Å². The Morgan fingerprint density at radius 1 is 1.15 bits per heavy atom. The summed E-state index contributed by atoms with van der Waals surface area (Å²) in [6.07, 6.45) is 0. The maximum atomic E-state index is 5.45. The predicted octanol–water partition coefficient (Wildman–Crippen LogP) is 2.15.